The second-order valence-electron chi connectivity index (χ2n) is 3.08. The number of allylic oxidation sites excluding steroid dienone is 8. The van der Waals surface area contributed by atoms with Crippen molar-refractivity contribution in [3.63, 3.8) is 0 Å². The van der Waals surface area contributed by atoms with Crippen molar-refractivity contribution in [3.05, 3.63) is 85.0 Å². The van der Waals surface area contributed by atoms with E-state index in [4.69, 9.17) is 0 Å². The van der Waals surface area contributed by atoms with Crippen LogP contribution in [0, 0.1) is 18.2 Å². The van der Waals surface area contributed by atoms with E-state index < -0.39 is 0 Å². The van der Waals surface area contributed by atoms with E-state index in [0.29, 0.717) is 0 Å². The van der Waals surface area contributed by atoms with Crippen molar-refractivity contribution >= 4 is 0 Å². The van der Waals surface area contributed by atoms with Crippen LogP contribution in [0.1, 0.15) is 12.8 Å². The van der Waals surface area contributed by atoms with Crippen LogP contribution in [0.25, 0.3) is 0 Å². The topological polar surface area (TPSA) is 0 Å². The number of hydrogen-bond donors (Lipinski definition) is 0. The van der Waals surface area contributed by atoms with Gasteiger partial charge in [-0.3, -0.25) is 12.2 Å². The summed E-state index contributed by atoms with van der Waals surface area (Å²) < 4.78 is 0. The van der Waals surface area contributed by atoms with Crippen LogP contribution < -0.4 is 0 Å². The van der Waals surface area contributed by atoms with Crippen molar-refractivity contribution in [1.82, 2.24) is 0 Å². The van der Waals surface area contributed by atoms with Gasteiger partial charge in [-0.25, -0.2) is 24.3 Å². The molecule has 0 unspecified atom stereocenters. The first-order valence-electron chi connectivity index (χ1n) is 5.34. The summed E-state index contributed by atoms with van der Waals surface area (Å²) in [7, 11) is 0. The van der Waals surface area contributed by atoms with Gasteiger partial charge < -0.3 is 0 Å². The molecule has 0 nitrogen and oxygen atoms in total. The molecule has 0 saturated heterocycles. The van der Waals surface area contributed by atoms with Crippen LogP contribution in [-0.4, -0.2) is 0 Å². The van der Waals surface area contributed by atoms with E-state index in [0.717, 1.165) is 12.8 Å². The summed E-state index contributed by atoms with van der Waals surface area (Å²) in [6.45, 7) is 0. The Balaban J connectivity index is 0.000000221. The molecule has 1 aromatic rings. The molecule has 0 amide bonds. The van der Waals surface area contributed by atoms with E-state index in [2.05, 4.69) is 30.4 Å². The van der Waals surface area contributed by atoms with Crippen molar-refractivity contribution in [2.75, 3.05) is 0 Å². The molecule has 0 aliphatic heterocycles. The molecule has 1 heteroatoms. The molecular formula is C16H15Ti. The molecule has 83 valence electrons. The summed E-state index contributed by atoms with van der Waals surface area (Å²) in [5, 5.41) is 0. The van der Waals surface area contributed by atoms with Gasteiger partial charge in [-0.1, -0.05) is 0 Å². The Morgan fingerprint density at radius 2 is 1.24 bits per heavy atom. The third-order valence-electron chi connectivity index (χ3n) is 1.78. The van der Waals surface area contributed by atoms with Gasteiger partial charge in [0.2, 0.25) is 0 Å². The largest absolute Gasteiger partial charge is 3.00 e. The van der Waals surface area contributed by atoms with Gasteiger partial charge in [-0.2, -0.15) is 48.6 Å². The van der Waals surface area contributed by atoms with Crippen LogP contribution >= 0.6 is 0 Å². The number of rotatable bonds is 0. The average molecular weight is 255 g/mol. The summed E-state index contributed by atoms with van der Waals surface area (Å²) >= 11 is 0. The minimum atomic E-state index is 0. The Morgan fingerprint density at radius 1 is 0.706 bits per heavy atom. The Kier molecular flexibility index (Phi) is 12.1. The van der Waals surface area contributed by atoms with Crippen LogP contribution in [0.4, 0.5) is 0 Å². The maximum absolute atomic E-state index is 2.99. The molecule has 0 atom stereocenters. The molecule has 17 heavy (non-hydrogen) atoms. The monoisotopic (exact) mass is 255 g/mol. The second-order valence-corrected chi connectivity index (χ2v) is 3.08. The maximum Gasteiger partial charge on any atom is 3.00 e. The van der Waals surface area contributed by atoms with Crippen LogP contribution in [0.3, 0.4) is 0 Å². The summed E-state index contributed by atoms with van der Waals surface area (Å²) in [4.78, 5) is 0. The first-order valence-corrected chi connectivity index (χ1v) is 5.34. The number of benzene rings is 1. The predicted molar refractivity (Wildman–Crippen MR) is 68.4 cm³/mol. The molecular weight excluding hydrogens is 240 g/mol. The summed E-state index contributed by atoms with van der Waals surface area (Å²) in [5.41, 5.74) is 0. The van der Waals surface area contributed by atoms with Crippen LogP contribution in [0.2, 0.25) is 0 Å². The smallest absolute Gasteiger partial charge is 0.273 e. The Bertz CT molecular complexity index is 290. The zero-order valence-corrected chi connectivity index (χ0v) is 11.3. The van der Waals surface area contributed by atoms with Gasteiger partial charge in [0, 0.05) is 0 Å². The normalized spacial score (nSPS) is 13.2. The van der Waals surface area contributed by atoms with Gasteiger partial charge in [-0.05, 0) is 0 Å². The van der Waals surface area contributed by atoms with E-state index >= 15 is 0 Å². The predicted octanol–water partition coefficient (Wildman–Crippen LogP) is 4.10. The fourth-order valence-electron chi connectivity index (χ4n) is 1.02. The first kappa shape index (κ1) is 15.9. The van der Waals surface area contributed by atoms with Gasteiger partial charge in [0.1, 0.15) is 0 Å². The fraction of sp³-hybridized carbons (Fsp3) is 0.125. The number of hydrogen-bond acceptors (Lipinski definition) is 0. The summed E-state index contributed by atoms with van der Waals surface area (Å²) in [6, 6.07) is 12.5. The van der Waals surface area contributed by atoms with E-state index in [9.17, 15) is 0 Å². The van der Waals surface area contributed by atoms with Gasteiger partial charge in [0.25, 0.3) is 0 Å². The quantitative estimate of drug-likeness (QED) is 0.483. The van der Waals surface area contributed by atoms with E-state index in [-0.39, 0.29) is 21.7 Å². The van der Waals surface area contributed by atoms with Crippen molar-refractivity contribution < 1.29 is 21.7 Å². The van der Waals surface area contributed by atoms with Crippen LogP contribution in [0.15, 0.2) is 66.8 Å². The molecule has 0 N–H and O–H groups in total. The van der Waals surface area contributed by atoms with E-state index in [1.807, 2.05) is 54.6 Å². The molecule has 0 fully saturated rings. The summed E-state index contributed by atoms with van der Waals surface area (Å²) in [6.07, 6.45) is 20.0. The minimum Gasteiger partial charge on any atom is -0.273 e. The SMILES string of the molecule is [C-]1=CC=CC1.[C-]1=CC=CC1.[Ti+3].[c-]1ccccc1. The van der Waals surface area contributed by atoms with Gasteiger partial charge >= 0.3 is 21.7 Å². The molecule has 0 saturated carbocycles. The Labute approximate surface area is 119 Å². The molecule has 0 aromatic heterocycles. The van der Waals surface area contributed by atoms with Crippen molar-refractivity contribution in [2.45, 2.75) is 12.8 Å². The third kappa shape index (κ3) is 11.2. The minimum absolute atomic E-state index is 0. The zero-order chi connectivity index (χ0) is 11.3. The standard InChI is InChI=1S/C6H5.2C5H5.Ti/c1-2-4-6-5-3-1;2*1-2-4-5-3-1;/h1-5H;2*1-3H,4H2;/q3*-1;+3. The molecule has 0 spiro atoms. The Morgan fingerprint density at radius 3 is 1.35 bits per heavy atom. The van der Waals surface area contributed by atoms with Crippen molar-refractivity contribution in [1.29, 1.82) is 0 Å². The van der Waals surface area contributed by atoms with Crippen LogP contribution in [0.5, 0.6) is 0 Å². The third-order valence-corrected chi connectivity index (χ3v) is 1.78. The maximum atomic E-state index is 2.99. The zero-order valence-electron chi connectivity index (χ0n) is 9.77. The molecule has 0 heterocycles. The molecule has 1 radical (unpaired) electrons. The van der Waals surface area contributed by atoms with Crippen LogP contribution in [-0.2, 0) is 21.7 Å². The van der Waals surface area contributed by atoms with Crippen molar-refractivity contribution in [2.24, 2.45) is 0 Å². The van der Waals surface area contributed by atoms with E-state index in [1.54, 1.807) is 0 Å². The van der Waals surface area contributed by atoms with Gasteiger partial charge in [-0.15, -0.1) is 12.8 Å². The molecule has 3 rings (SSSR count). The van der Waals surface area contributed by atoms with Crippen molar-refractivity contribution in [3.8, 4) is 0 Å². The van der Waals surface area contributed by atoms with Gasteiger partial charge in [0.15, 0.2) is 0 Å². The second kappa shape index (κ2) is 13.0. The Hall–Kier alpha value is -1.11. The molecule has 0 bridgehead atoms. The first-order chi connectivity index (χ1) is 8.00. The molecule has 2 aliphatic rings. The molecule has 2 aliphatic carbocycles. The van der Waals surface area contributed by atoms with E-state index in [1.165, 1.54) is 0 Å². The average Bonchev–Trinajstić information content (AvgIpc) is 3.10. The van der Waals surface area contributed by atoms with Gasteiger partial charge in [0.05, 0.1) is 0 Å². The fourth-order valence-corrected chi connectivity index (χ4v) is 1.02. The molecule has 1 aromatic carbocycles. The summed E-state index contributed by atoms with van der Waals surface area (Å²) in [5.74, 6) is 0.